The second-order valence-electron chi connectivity index (χ2n) is 3.65. The third-order valence-electron chi connectivity index (χ3n) is 2.06. The topological polar surface area (TPSA) is 57.5 Å². The molecule has 0 aliphatic rings. The fraction of sp³-hybridized carbons (Fsp3) is 0.250. The van der Waals surface area contributed by atoms with Gasteiger partial charge in [0, 0.05) is 11.1 Å². The molecule has 1 rings (SSSR count). The van der Waals surface area contributed by atoms with Gasteiger partial charge in [-0.3, -0.25) is 4.79 Å². The zero-order valence-electron chi connectivity index (χ0n) is 8.82. The van der Waals surface area contributed by atoms with Crippen LogP contribution in [-0.4, -0.2) is 16.5 Å². The molecule has 15 heavy (non-hydrogen) atoms. The Bertz CT molecular complexity index is 402. The molecular weight excluding hydrogens is 192 g/mol. The van der Waals surface area contributed by atoms with Crippen LogP contribution in [0.4, 0.5) is 0 Å². The molecule has 80 valence electrons. The van der Waals surface area contributed by atoms with Crippen LogP contribution in [0.2, 0.25) is 0 Å². The largest absolute Gasteiger partial charge is 0.504 e. The number of carbonyl (C=O) groups is 1. The summed E-state index contributed by atoms with van der Waals surface area (Å²) >= 11 is 0. The van der Waals surface area contributed by atoms with E-state index in [1.54, 1.807) is 6.07 Å². The lowest BCUT2D eigenvalue weighted by Gasteiger charge is -2.05. The van der Waals surface area contributed by atoms with Crippen LogP contribution in [0.5, 0.6) is 11.5 Å². The lowest BCUT2D eigenvalue weighted by Crippen LogP contribution is -1.88. The number of benzene rings is 1. The average Bonchev–Trinajstić information content (AvgIpc) is 2.19. The third kappa shape index (κ3) is 2.84. The SMILES string of the molecule is CC(C)=CCc1cc(C=O)cc(O)c1O. The van der Waals surface area contributed by atoms with E-state index < -0.39 is 0 Å². The van der Waals surface area contributed by atoms with Gasteiger partial charge in [-0.2, -0.15) is 0 Å². The predicted octanol–water partition coefficient (Wildman–Crippen LogP) is 2.42. The molecule has 3 heteroatoms. The lowest BCUT2D eigenvalue weighted by atomic mass is 10.1. The molecule has 0 fully saturated rings. The maximum absolute atomic E-state index is 10.6. The van der Waals surface area contributed by atoms with Gasteiger partial charge in [-0.25, -0.2) is 0 Å². The minimum absolute atomic E-state index is 0.155. The van der Waals surface area contributed by atoms with Crippen LogP contribution >= 0.6 is 0 Å². The van der Waals surface area contributed by atoms with Gasteiger partial charge in [0.15, 0.2) is 11.5 Å². The first-order chi connectivity index (χ1) is 7.04. The van der Waals surface area contributed by atoms with Crippen LogP contribution in [0.1, 0.15) is 29.8 Å². The number of hydrogen-bond donors (Lipinski definition) is 2. The van der Waals surface area contributed by atoms with Crippen LogP contribution in [0.25, 0.3) is 0 Å². The molecule has 0 saturated heterocycles. The number of phenolic OH excluding ortho intramolecular Hbond substituents is 2. The Morgan fingerprint density at radius 1 is 1.33 bits per heavy atom. The number of aromatic hydroxyl groups is 2. The molecule has 0 unspecified atom stereocenters. The van der Waals surface area contributed by atoms with Gasteiger partial charge in [-0.1, -0.05) is 11.6 Å². The van der Waals surface area contributed by atoms with Crippen molar-refractivity contribution in [3.63, 3.8) is 0 Å². The summed E-state index contributed by atoms with van der Waals surface area (Å²) in [5.41, 5.74) is 2.03. The number of carbonyl (C=O) groups excluding carboxylic acids is 1. The molecule has 0 aliphatic carbocycles. The van der Waals surface area contributed by atoms with Gasteiger partial charge in [-0.15, -0.1) is 0 Å². The minimum Gasteiger partial charge on any atom is -0.504 e. The molecule has 0 heterocycles. The zero-order valence-corrected chi connectivity index (χ0v) is 8.82. The Balaban J connectivity index is 3.10. The van der Waals surface area contributed by atoms with E-state index in [0.29, 0.717) is 23.8 Å². The Hall–Kier alpha value is -1.77. The Morgan fingerprint density at radius 2 is 2.00 bits per heavy atom. The molecule has 0 saturated carbocycles. The van der Waals surface area contributed by atoms with Crippen LogP contribution < -0.4 is 0 Å². The van der Waals surface area contributed by atoms with Crippen molar-refractivity contribution in [3.8, 4) is 11.5 Å². The highest BCUT2D eigenvalue weighted by Crippen LogP contribution is 2.30. The lowest BCUT2D eigenvalue weighted by molar-refractivity contribution is 0.112. The summed E-state index contributed by atoms with van der Waals surface area (Å²) < 4.78 is 0. The van der Waals surface area contributed by atoms with Crippen molar-refractivity contribution in [2.24, 2.45) is 0 Å². The van der Waals surface area contributed by atoms with Crippen LogP contribution in [0, 0.1) is 0 Å². The van der Waals surface area contributed by atoms with E-state index in [-0.39, 0.29) is 11.5 Å². The summed E-state index contributed by atoms with van der Waals surface area (Å²) in [5, 5.41) is 18.9. The van der Waals surface area contributed by atoms with Gasteiger partial charge in [-0.05, 0) is 32.4 Å². The molecule has 0 atom stereocenters. The Labute approximate surface area is 88.7 Å². The quantitative estimate of drug-likeness (QED) is 0.453. The van der Waals surface area contributed by atoms with Crippen LogP contribution in [0.15, 0.2) is 23.8 Å². The number of phenols is 2. The molecule has 0 bridgehead atoms. The molecule has 0 amide bonds. The summed E-state index contributed by atoms with van der Waals surface area (Å²) in [5.74, 6) is -0.408. The highest BCUT2D eigenvalue weighted by Gasteiger charge is 2.07. The van der Waals surface area contributed by atoms with Gasteiger partial charge in [0.05, 0.1) is 0 Å². The molecule has 3 nitrogen and oxygen atoms in total. The van der Waals surface area contributed by atoms with Crippen LogP contribution in [0.3, 0.4) is 0 Å². The average molecular weight is 206 g/mol. The van der Waals surface area contributed by atoms with Crippen molar-refractivity contribution in [1.29, 1.82) is 0 Å². The van der Waals surface area contributed by atoms with Gasteiger partial charge >= 0.3 is 0 Å². The van der Waals surface area contributed by atoms with E-state index in [4.69, 9.17) is 0 Å². The fourth-order valence-electron chi connectivity index (χ4n) is 1.24. The van der Waals surface area contributed by atoms with Crippen molar-refractivity contribution >= 4 is 6.29 Å². The maximum atomic E-state index is 10.6. The normalized spacial score (nSPS) is 9.73. The van der Waals surface area contributed by atoms with Crippen molar-refractivity contribution in [1.82, 2.24) is 0 Å². The maximum Gasteiger partial charge on any atom is 0.161 e. The van der Waals surface area contributed by atoms with E-state index in [1.807, 2.05) is 19.9 Å². The molecule has 0 spiro atoms. The van der Waals surface area contributed by atoms with E-state index >= 15 is 0 Å². The van der Waals surface area contributed by atoms with Crippen molar-refractivity contribution in [2.45, 2.75) is 20.3 Å². The first-order valence-corrected chi connectivity index (χ1v) is 4.68. The number of allylic oxidation sites excluding steroid dienone is 2. The van der Waals surface area contributed by atoms with E-state index in [1.165, 1.54) is 6.07 Å². The summed E-state index contributed by atoms with van der Waals surface area (Å²) in [7, 11) is 0. The van der Waals surface area contributed by atoms with Gasteiger partial charge in [0.1, 0.15) is 6.29 Å². The van der Waals surface area contributed by atoms with Crippen molar-refractivity contribution in [2.75, 3.05) is 0 Å². The molecule has 1 aromatic carbocycles. The second-order valence-corrected chi connectivity index (χ2v) is 3.65. The van der Waals surface area contributed by atoms with Gasteiger partial charge in [0.2, 0.25) is 0 Å². The van der Waals surface area contributed by atoms with Crippen molar-refractivity contribution < 1.29 is 15.0 Å². The first kappa shape index (κ1) is 11.3. The number of rotatable bonds is 3. The third-order valence-corrected chi connectivity index (χ3v) is 2.06. The molecule has 0 aromatic heterocycles. The van der Waals surface area contributed by atoms with E-state index in [0.717, 1.165) is 5.57 Å². The summed E-state index contributed by atoms with van der Waals surface area (Å²) in [6, 6.07) is 2.82. The zero-order chi connectivity index (χ0) is 11.4. The summed E-state index contributed by atoms with van der Waals surface area (Å²) in [6.07, 6.45) is 3.07. The Kier molecular flexibility index (Phi) is 3.50. The van der Waals surface area contributed by atoms with Gasteiger partial charge < -0.3 is 10.2 Å². The number of hydrogen-bond acceptors (Lipinski definition) is 3. The standard InChI is InChI=1S/C12H14O3/c1-8(2)3-4-10-5-9(7-13)6-11(14)12(10)15/h3,5-7,14-15H,4H2,1-2H3. The smallest absolute Gasteiger partial charge is 0.161 e. The predicted molar refractivity (Wildman–Crippen MR) is 58.3 cm³/mol. The van der Waals surface area contributed by atoms with Crippen molar-refractivity contribution in [3.05, 3.63) is 34.9 Å². The van der Waals surface area contributed by atoms with E-state index in [9.17, 15) is 15.0 Å². The number of aldehydes is 1. The monoisotopic (exact) mass is 206 g/mol. The van der Waals surface area contributed by atoms with Crippen LogP contribution in [-0.2, 0) is 6.42 Å². The van der Waals surface area contributed by atoms with E-state index in [2.05, 4.69) is 0 Å². The molecular formula is C12H14O3. The molecule has 0 radical (unpaired) electrons. The Morgan fingerprint density at radius 3 is 2.53 bits per heavy atom. The molecule has 0 aliphatic heterocycles. The second kappa shape index (κ2) is 4.64. The highest BCUT2D eigenvalue weighted by atomic mass is 16.3. The summed E-state index contributed by atoms with van der Waals surface area (Å²) in [4.78, 5) is 10.6. The summed E-state index contributed by atoms with van der Waals surface area (Å²) in [6.45, 7) is 3.89. The highest BCUT2D eigenvalue weighted by molar-refractivity contribution is 5.77. The molecule has 2 N–H and O–H groups in total. The fourth-order valence-corrected chi connectivity index (χ4v) is 1.24. The van der Waals surface area contributed by atoms with Gasteiger partial charge in [0.25, 0.3) is 0 Å². The first-order valence-electron chi connectivity index (χ1n) is 4.68. The minimum atomic E-state index is -0.253. The molecule has 1 aromatic rings.